The first-order valence-corrected chi connectivity index (χ1v) is 2.79. The first kappa shape index (κ1) is 6.27. The van der Waals surface area contributed by atoms with Gasteiger partial charge in [-0.1, -0.05) is 11.5 Å². The molecular weight excluding hydrogens is 116 g/mol. The SMILES string of the molecule is Bc1cnc(F)c(C)c1. The molecular formula is C6H7BFN. The lowest BCUT2D eigenvalue weighted by molar-refractivity contribution is 0.575. The van der Waals surface area contributed by atoms with E-state index in [0.717, 1.165) is 5.46 Å². The maximum absolute atomic E-state index is 12.4. The largest absolute Gasteiger partial charge is 0.229 e. The van der Waals surface area contributed by atoms with Gasteiger partial charge in [0.15, 0.2) is 0 Å². The predicted octanol–water partition coefficient (Wildman–Crippen LogP) is -0.212. The third-order valence-electron chi connectivity index (χ3n) is 1.15. The maximum Gasteiger partial charge on any atom is 0.215 e. The number of halogens is 1. The highest BCUT2D eigenvalue weighted by atomic mass is 19.1. The van der Waals surface area contributed by atoms with E-state index in [-0.39, 0.29) is 5.95 Å². The Balaban J connectivity index is 3.17. The van der Waals surface area contributed by atoms with Crippen LogP contribution in [0.5, 0.6) is 0 Å². The molecule has 0 N–H and O–H groups in total. The van der Waals surface area contributed by atoms with Crippen molar-refractivity contribution in [3.63, 3.8) is 0 Å². The first-order chi connectivity index (χ1) is 4.20. The number of aromatic nitrogens is 1. The van der Waals surface area contributed by atoms with Gasteiger partial charge in [-0.3, -0.25) is 0 Å². The lowest BCUT2D eigenvalue weighted by Crippen LogP contribution is -2.05. The quantitative estimate of drug-likeness (QED) is 0.343. The Kier molecular flexibility index (Phi) is 1.51. The minimum absolute atomic E-state index is 0.374. The molecule has 1 nitrogen and oxygen atoms in total. The molecule has 46 valence electrons. The fourth-order valence-electron chi connectivity index (χ4n) is 0.699. The molecule has 0 aliphatic carbocycles. The summed E-state index contributed by atoms with van der Waals surface area (Å²) in [5.41, 5.74) is 1.60. The van der Waals surface area contributed by atoms with E-state index in [0.29, 0.717) is 5.56 Å². The van der Waals surface area contributed by atoms with Crippen molar-refractivity contribution in [3.8, 4) is 0 Å². The fraction of sp³-hybridized carbons (Fsp3) is 0.167. The van der Waals surface area contributed by atoms with Gasteiger partial charge >= 0.3 is 0 Å². The van der Waals surface area contributed by atoms with E-state index in [2.05, 4.69) is 4.98 Å². The minimum Gasteiger partial charge on any atom is -0.229 e. The lowest BCUT2D eigenvalue weighted by Gasteiger charge is -1.94. The molecule has 0 amide bonds. The van der Waals surface area contributed by atoms with Gasteiger partial charge in [-0.05, 0) is 6.92 Å². The van der Waals surface area contributed by atoms with Crippen LogP contribution in [0.15, 0.2) is 12.3 Å². The average Bonchev–Trinajstić information content (AvgIpc) is 1.80. The van der Waals surface area contributed by atoms with Crippen LogP contribution in [0, 0.1) is 12.9 Å². The van der Waals surface area contributed by atoms with Gasteiger partial charge < -0.3 is 0 Å². The molecule has 0 fully saturated rings. The number of hydrogen-bond acceptors (Lipinski definition) is 1. The van der Waals surface area contributed by atoms with Gasteiger partial charge in [0.2, 0.25) is 5.95 Å². The van der Waals surface area contributed by atoms with E-state index in [4.69, 9.17) is 0 Å². The van der Waals surface area contributed by atoms with Crippen LogP contribution < -0.4 is 5.46 Å². The third-order valence-corrected chi connectivity index (χ3v) is 1.15. The maximum atomic E-state index is 12.4. The van der Waals surface area contributed by atoms with Gasteiger partial charge in [-0.15, -0.1) is 0 Å². The zero-order chi connectivity index (χ0) is 6.85. The second-order valence-corrected chi connectivity index (χ2v) is 2.12. The summed E-state index contributed by atoms with van der Waals surface area (Å²) in [6.45, 7) is 1.70. The second-order valence-electron chi connectivity index (χ2n) is 2.12. The third kappa shape index (κ3) is 1.28. The molecule has 0 saturated heterocycles. The number of aryl methyl sites for hydroxylation is 1. The highest BCUT2D eigenvalue weighted by Crippen LogP contribution is 1.96. The standard InChI is InChI=1S/C6H7BFN/c1-4-2-5(7)3-9-6(4)8/h2-3H,7H2,1H3. The van der Waals surface area contributed by atoms with Crippen LogP contribution in [-0.2, 0) is 0 Å². The van der Waals surface area contributed by atoms with Crippen molar-refractivity contribution in [1.82, 2.24) is 4.98 Å². The van der Waals surface area contributed by atoms with Crippen molar-refractivity contribution >= 4 is 13.3 Å². The zero-order valence-electron chi connectivity index (χ0n) is 5.48. The summed E-state index contributed by atoms with van der Waals surface area (Å²) in [6.07, 6.45) is 1.52. The van der Waals surface area contributed by atoms with Gasteiger partial charge in [0.25, 0.3) is 0 Å². The molecule has 9 heavy (non-hydrogen) atoms. The first-order valence-electron chi connectivity index (χ1n) is 2.79. The van der Waals surface area contributed by atoms with Crippen LogP contribution in [0.1, 0.15) is 5.56 Å². The summed E-state index contributed by atoms with van der Waals surface area (Å²) < 4.78 is 12.4. The van der Waals surface area contributed by atoms with Gasteiger partial charge in [-0.25, -0.2) is 4.98 Å². The summed E-state index contributed by atoms with van der Waals surface area (Å²) >= 11 is 0. The molecule has 0 aromatic carbocycles. The fourth-order valence-corrected chi connectivity index (χ4v) is 0.699. The van der Waals surface area contributed by atoms with Crippen molar-refractivity contribution in [2.75, 3.05) is 0 Å². The molecule has 1 heterocycles. The Morgan fingerprint density at radius 1 is 1.67 bits per heavy atom. The normalized spacial score (nSPS) is 9.56. The van der Waals surface area contributed by atoms with Crippen molar-refractivity contribution < 1.29 is 4.39 Å². The van der Waals surface area contributed by atoms with Gasteiger partial charge in [-0.2, -0.15) is 4.39 Å². The molecule has 0 spiro atoms. The van der Waals surface area contributed by atoms with Gasteiger partial charge in [0, 0.05) is 11.8 Å². The van der Waals surface area contributed by atoms with Crippen molar-refractivity contribution in [1.29, 1.82) is 0 Å². The minimum atomic E-state index is -0.374. The number of nitrogens with zero attached hydrogens (tertiary/aromatic N) is 1. The van der Waals surface area contributed by atoms with Crippen LogP contribution >= 0.6 is 0 Å². The van der Waals surface area contributed by atoms with Gasteiger partial charge in [0.05, 0.1) is 0 Å². The van der Waals surface area contributed by atoms with E-state index < -0.39 is 0 Å². The van der Waals surface area contributed by atoms with E-state index >= 15 is 0 Å². The summed E-state index contributed by atoms with van der Waals surface area (Å²) in [5, 5.41) is 0. The molecule has 0 unspecified atom stereocenters. The zero-order valence-corrected chi connectivity index (χ0v) is 5.48. The Labute approximate surface area is 54.3 Å². The molecule has 0 aliphatic rings. The Morgan fingerprint density at radius 2 is 2.33 bits per heavy atom. The van der Waals surface area contributed by atoms with Crippen molar-refractivity contribution in [2.45, 2.75) is 6.92 Å². The van der Waals surface area contributed by atoms with E-state index in [1.54, 1.807) is 13.0 Å². The van der Waals surface area contributed by atoms with Crippen molar-refractivity contribution in [2.24, 2.45) is 0 Å². The molecule has 1 rings (SSSR count). The molecule has 3 heteroatoms. The van der Waals surface area contributed by atoms with E-state index in [9.17, 15) is 4.39 Å². The topological polar surface area (TPSA) is 12.9 Å². The molecule has 0 atom stereocenters. The lowest BCUT2D eigenvalue weighted by atomic mass is 9.98. The average molecular weight is 123 g/mol. The number of pyridine rings is 1. The van der Waals surface area contributed by atoms with Crippen LogP contribution in [0.25, 0.3) is 0 Å². The Morgan fingerprint density at radius 3 is 2.78 bits per heavy atom. The molecule has 1 aromatic heterocycles. The van der Waals surface area contributed by atoms with Gasteiger partial charge in [0.1, 0.15) is 7.85 Å². The monoisotopic (exact) mass is 123 g/mol. The van der Waals surface area contributed by atoms with Crippen LogP contribution in [0.4, 0.5) is 4.39 Å². The highest BCUT2D eigenvalue weighted by Gasteiger charge is 1.94. The molecule has 0 aliphatic heterocycles. The highest BCUT2D eigenvalue weighted by molar-refractivity contribution is 6.32. The summed E-state index contributed by atoms with van der Waals surface area (Å²) in [6, 6.07) is 1.77. The molecule has 0 bridgehead atoms. The van der Waals surface area contributed by atoms with Crippen LogP contribution in [0.3, 0.4) is 0 Å². The second kappa shape index (κ2) is 2.17. The molecule has 0 radical (unpaired) electrons. The summed E-state index contributed by atoms with van der Waals surface area (Å²) in [5.74, 6) is -0.374. The van der Waals surface area contributed by atoms with Crippen LogP contribution in [-0.4, -0.2) is 12.8 Å². The van der Waals surface area contributed by atoms with Crippen molar-refractivity contribution in [3.05, 3.63) is 23.8 Å². The Hall–Kier alpha value is -0.855. The van der Waals surface area contributed by atoms with Crippen LogP contribution in [0.2, 0.25) is 0 Å². The van der Waals surface area contributed by atoms with E-state index in [1.165, 1.54) is 6.20 Å². The van der Waals surface area contributed by atoms with E-state index in [1.807, 2.05) is 7.85 Å². The molecule has 0 saturated carbocycles. The Bertz CT molecular complexity index is 224. The smallest absolute Gasteiger partial charge is 0.215 e. The molecule has 1 aromatic rings. The summed E-state index contributed by atoms with van der Waals surface area (Å²) in [7, 11) is 1.89. The number of hydrogen-bond donors (Lipinski definition) is 0. The predicted molar refractivity (Wildman–Crippen MR) is 37.1 cm³/mol. The number of rotatable bonds is 0. The summed E-state index contributed by atoms with van der Waals surface area (Å²) in [4.78, 5) is 3.51.